The molecule has 0 N–H and O–H groups in total. The van der Waals surface area contributed by atoms with Crippen molar-refractivity contribution in [3.63, 3.8) is 0 Å². The fourth-order valence-electron chi connectivity index (χ4n) is 2.53. The molecule has 0 spiro atoms. The average molecular weight is 297 g/mol. The summed E-state index contributed by atoms with van der Waals surface area (Å²) in [6.07, 6.45) is 2.45. The van der Waals surface area contributed by atoms with Crippen LogP contribution < -0.4 is 4.74 Å². The minimum absolute atomic E-state index is 0.0635. The largest absolute Gasteiger partial charge is 0.475 e. The third-order valence-corrected chi connectivity index (χ3v) is 3.84. The molecule has 0 aliphatic rings. The minimum Gasteiger partial charge on any atom is -0.475 e. The van der Waals surface area contributed by atoms with E-state index < -0.39 is 0 Å². The molecule has 0 saturated carbocycles. The molecule has 1 atom stereocenters. The smallest absolute Gasteiger partial charge is 0.150 e. The van der Waals surface area contributed by atoms with Gasteiger partial charge in [0.1, 0.15) is 12.0 Å². The second-order valence-electron chi connectivity index (χ2n) is 5.84. The number of aryl methyl sites for hydroxylation is 1. The molecule has 0 heterocycles. The zero-order valence-electron chi connectivity index (χ0n) is 14.0. The first kappa shape index (κ1) is 16.6. The molecule has 0 aliphatic heterocycles. The monoisotopic (exact) mass is 297 g/mol. The predicted molar refractivity (Wildman–Crippen MR) is 93.0 cm³/mol. The number of unbranched alkanes of at least 4 members (excludes halogenated alkanes) is 1. The number of ether oxygens (including phenoxy) is 1. The van der Waals surface area contributed by atoms with Crippen LogP contribution in [0.15, 0.2) is 54.6 Å². The van der Waals surface area contributed by atoms with E-state index in [0.29, 0.717) is 0 Å². The Morgan fingerprint density at radius 3 is 2.50 bits per heavy atom. The van der Waals surface area contributed by atoms with Crippen molar-refractivity contribution in [2.75, 3.05) is 6.54 Å². The van der Waals surface area contributed by atoms with E-state index in [0.717, 1.165) is 18.8 Å². The Balaban J connectivity index is 2.03. The van der Waals surface area contributed by atoms with E-state index in [1.165, 1.54) is 24.0 Å². The number of hydrogen-bond donors (Lipinski definition) is 0. The van der Waals surface area contributed by atoms with E-state index in [2.05, 4.69) is 68.1 Å². The Morgan fingerprint density at radius 1 is 1.05 bits per heavy atom. The Bertz CT molecular complexity index is 553. The lowest BCUT2D eigenvalue weighted by atomic mass is 10.2. The van der Waals surface area contributed by atoms with Gasteiger partial charge in [0.15, 0.2) is 0 Å². The molecule has 2 rings (SSSR count). The van der Waals surface area contributed by atoms with E-state index in [1.807, 2.05) is 12.1 Å². The summed E-state index contributed by atoms with van der Waals surface area (Å²) >= 11 is 0. The van der Waals surface area contributed by atoms with Gasteiger partial charge < -0.3 is 4.74 Å². The zero-order valence-corrected chi connectivity index (χ0v) is 14.0. The van der Waals surface area contributed by atoms with Crippen LogP contribution in [0.3, 0.4) is 0 Å². The molecule has 0 aliphatic carbocycles. The van der Waals surface area contributed by atoms with E-state index >= 15 is 0 Å². The highest BCUT2D eigenvalue weighted by Gasteiger charge is 2.15. The lowest BCUT2D eigenvalue weighted by Gasteiger charge is -2.29. The third-order valence-electron chi connectivity index (χ3n) is 3.84. The first-order chi connectivity index (χ1) is 10.7. The van der Waals surface area contributed by atoms with Crippen LogP contribution in [0.5, 0.6) is 5.75 Å². The summed E-state index contributed by atoms with van der Waals surface area (Å²) in [5, 5.41) is 0. The van der Waals surface area contributed by atoms with E-state index in [4.69, 9.17) is 4.74 Å². The van der Waals surface area contributed by atoms with Gasteiger partial charge in [-0.15, -0.1) is 0 Å². The Hall–Kier alpha value is -1.80. The number of benzene rings is 2. The van der Waals surface area contributed by atoms with E-state index in [-0.39, 0.29) is 6.23 Å². The average Bonchev–Trinajstić information content (AvgIpc) is 2.52. The highest BCUT2D eigenvalue weighted by atomic mass is 16.5. The van der Waals surface area contributed by atoms with Crippen LogP contribution in [0.2, 0.25) is 0 Å². The Morgan fingerprint density at radius 2 is 1.82 bits per heavy atom. The van der Waals surface area contributed by atoms with Crippen LogP contribution >= 0.6 is 0 Å². The SMILES string of the molecule is CCCCN(Cc1ccccc1)C(C)Oc1cccc(C)c1. The summed E-state index contributed by atoms with van der Waals surface area (Å²) in [5.74, 6) is 0.946. The van der Waals surface area contributed by atoms with Gasteiger partial charge in [-0.25, -0.2) is 0 Å². The fraction of sp³-hybridized carbons (Fsp3) is 0.400. The summed E-state index contributed by atoms with van der Waals surface area (Å²) in [4.78, 5) is 2.40. The van der Waals surface area contributed by atoms with Crippen molar-refractivity contribution in [3.8, 4) is 5.75 Å². The van der Waals surface area contributed by atoms with Crippen molar-refractivity contribution in [1.82, 2.24) is 4.90 Å². The third kappa shape index (κ3) is 5.19. The van der Waals surface area contributed by atoms with Gasteiger partial charge in [0, 0.05) is 13.1 Å². The highest BCUT2D eigenvalue weighted by molar-refractivity contribution is 5.27. The molecule has 0 bridgehead atoms. The first-order valence-electron chi connectivity index (χ1n) is 8.20. The number of nitrogens with zero attached hydrogens (tertiary/aromatic N) is 1. The highest BCUT2D eigenvalue weighted by Crippen LogP contribution is 2.17. The van der Waals surface area contributed by atoms with Crippen molar-refractivity contribution in [2.24, 2.45) is 0 Å². The topological polar surface area (TPSA) is 12.5 Å². The van der Waals surface area contributed by atoms with Crippen LogP contribution in [0.4, 0.5) is 0 Å². The van der Waals surface area contributed by atoms with Gasteiger partial charge in [-0.1, -0.05) is 55.8 Å². The van der Waals surface area contributed by atoms with E-state index in [9.17, 15) is 0 Å². The van der Waals surface area contributed by atoms with Crippen molar-refractivity contribution in [3.05, 3.63) is 65.7 Å². The van der Waals surface area contributed by atoms with Crippen LogP contribution in [0.25, 0.3) is 0 Å². The molecule has 0 aromatic heterocycles. The second-order valence-corrected chi connectivity index (χ2v) is 5.84. The van der Waals surface area contributed by atoms with Crippen LogP contribution in [0, 0.1) is 6.92 Å². The molecule has 0 fully saturated rings. The number of rotatable bonds is 8. The molecule has 0 radical (unpaired) electrons. The summed E-state index contributed by atoms with van der Waals surface area (Å²) in [6, 6.07) is 18.9. The molecular formula is C20H27NO. The van der Waals surface area contributed by atoms with Crippen molar-refractivity contribution < 1.29 is 4.74 Å². The van der Waals surface area contributed by atoms with Gasteiger partial charge in [0.25, 0.3) is 0 Å². The predicted octanol–water partition coefficient (Wildman–Crippen LogP) is 5.02. The van der Waals surface area contributed by atoms with Gasteiger partial charge in [0.2, 0.25) is 0 Å². The molecule has 2 aromatic rings. The van der Waals surface area contributed by atoms with Gasteiger partial charge >= 0.3 is 0 Å². The molecule has 22 heavy (non-hydrogen) atoms. The zero-order chi connectivity index (χ0) is 15.8. The maximum atomic E-state index is 6.15. The summed E-state index contributed by atoms with van der Waals surface area (Å²) in [5.41, 5.74) is 2.56. The molecule has 2 aromatic carbocycles. The molecule has 1 unspecified atom stereocenters. The Labute approximate surface area is 134 Å². The lowest BCUT2D eigenvalue weighted by Crippen LogP contribution is -2.37. The van der Waals surface area contributed by atoms with E-state index in [1.54, 1.807) is 0 Å². The van der Waals surface area contributed by atoms with Crippen LogP contribution in [-0.2, 0) is 6.54 Å². The molecule has 2 nitrogen and oxygen atoms in total. The molecule has 0 amide bonds. The molecule has 2 heteroatoms. The van der Waals surface area contributed by atoms with Crippen molar-refractivity contribution >= 4 is 0 Å². The summed E-state index contributed by atoms with van der Waals surface area (Å²) < 4.78 is 6.15. The minimum atomic E-state index is 0.0635. The van der Waals surface area contributed by atoms with Gasteiger partial charge in [-0.3, -0.25) is 4.90 Å². The fourth-order valence-corrected chi connectivity index (χ4v) is 2.53. The van der Waals surface area contributed by atoms with Gasteiger partial charge in [-0.2, -0.15) is 0 Å². The quantitative estimate of drug-likeness (QED) is 0.634. The maximum Gasteiger partial charge on any atom is 0.150 e. The molecular weight excluding hydrogens is 270 g/mol. The van der Waals surface area contributed by atoms with Gasteiger partial charge in [-0.05, 0) is 43.5 Å². The van der Waals surface area contributed by atoms with Gasteiger partial charge in [0.05, 0.1) is 0 Å². The number of hydrogen-bond acceptors (Lipinski definition) is 2. The van der Waals surface area contributed by atoms with Crippen molar-refractivity contribution in [1.29, 1.82) is 0 Å². The first-order valence-corrected chi connectivity index (χ1v) is 8.20. The standard InChI is InChI=1S/C20H27NO/c1-4-5-14-21(16-19-11-7-6-8-12-19)18(3)22-20-13-9-10-17(2)15-20/h6-13,15,18H,4-5,14,16H2,1-3H3. The second kappa shape index (κ2) is 8.60. The summed E-state index contributed by atoms with van der Waals surface area (Å²) in [7, 11) is 0. The maximum absolute atomic E-state index is 6.15. The Kier molecular flexibility index (Phi) is 6.47. The molecule has 0 saturated heterocycles. The lowest BCUT2D eigenvalue weighted by molar-refractivity contribution is 0.0322. The normalized spacial score (nSPS) is 12.4. The van der Waals surface area contributed by atoms with Crippen LogP contribution in [0.1, 0.15) is 37.8 Å². The van der Waals surface area contributed by atoms with Crippen molar-refractivity contribution in [2.45, 2.75) is 46.4 Å². The van der Waals surface area contributed by atoms with Crippen LogP contribution in [-0.4, -0.2) is 17.7 Å². The molecule has 118 valence electrons. The summed E-state index contributed by atoms with van der Waals surface area (Å²) in [6.45, 7) is 8.44.